The molecule has 18 heavy (non-hydrogen) atoms. The molecule has 0 fully saturated rings. The number of nitrogen functional groups attached to an aromatic ring is 1. The molecule has 0 atom stereocenters. The molecule has 0 spiro atoms. The Balaban J connectivity index is 1.96. The number of hydrogen-bond donors (Lipinski definition) is 1. The average molecular weight is 258 g/mol. The van der Waals surface area contributed by atoms with Crippen molar-refractivity contribution in [2.45, 2.75) is 13.3 Å². The van der Waals surface area contributed by atoms with E-state index in [2.05, 4.69) is 0 Å². The van der Waals surface area contributed by atoms with Gasteiger partial charge in [0, 0.05) is 22.8 Å². The number of aryl methyl sites for hydroxylation is 1. The predicted octanol–water partition coefficient (Wildman–Crippen LogP) is 2.84. The lowest BCUT2D eigenvalue weighted by Gasteiger charge is -2.16. The Morgan fingerprint density at radius 1 is 1.33 bits per heavy atom. The van der Waals surface area contributed by atoms with Gasteiger partial charge in [-0.2, -0.15) is 0 Å². The Kier molecular flexibility index (Phi) is 2.59. The second-order valence-electron chi connectivity index (χ2n) is 4.51. The number of rotatable bonds is 1. The van der Waals surface area contributed by atoms with Gasteiger partial charge in [0.1, 0.15) is 0 Å². The van der Waals surface area contributed by atoms with E-state index < -0.39 is 0 Å². The van der Waals surface area contributed by atoms with Crippen LogP contribution in [0, 0.1) is 6.92 Å². The largest absolute Gasteiger partial charge is 0.399 e. The van der Waals surface area contributed by atoms with E-state index in [9.17, 15) is 4.79 Å². The van der Waals surface area contributed by atoms with Crippen LogP contribution in [0.15, 0.2) is 30.3 Å². The number of thiophene rings is 1. The van der Waals surface area contributed by atoms with Crippen LogP contribution in [0.3, 0.4) is 0 Å². The Hall–Kier alpha value is -1.81. The molecule has 0 radical (unpaired) electrons. The molecule has 0 saturated carbocycles. The van der Waals surface area contributed by atoms with Gasteiger partial charge in [-0.1, -0.05) is 6.07 Å². The van der Waals surface area contributed by atoms with Gasteiger partial charge in [-0.15, -0.1) is 11.3 Å². The number of nitrogens with zero attached hydrogens (tertiary/aromatic N) is 1. The van der Waals surface area contributed by atoms with Crippen molar-refractivity contribution >= 4 is 28.6 Å². The molecule has 2 N–H and O–H groups in total. The highest BCUT2D eigenvalue weighted by atomic mass is 32.1. The number of benzene rings is 1. The predicted molar refractivity (Wildman–Crippen MR) is 75.3 cm³/mol. The van der Waals surface area contributed by atoms with Crippen LogP contribution in [0.25, 0.3) is 0 Å². The van der Waals surface area contributed by atoms with E-state index in [0.717, 1.165) is 28.4 Å². The molecule has 2 heterocycles. The van der Waals surface area contributed by atoms with Crippen molar-refractivity contribution in [2.75, 3.05) is 17.2 Å². The number of fused-ring (bicyclic) bond motifs is 1. The van der Waals surface area contributed by atoms with E-state index in [1.54, 1.807) is 0 Å². The van der Waals surface area contributed by atoms with Crippen molar-refractivity contribution in [1.29, 1.82) is 0 Å². The smallest absolute Gasteiger partial charge is 0.268 e. The van der Waals surface area contributed by atoms with Crippen molar-refractivity contribution < 1.29 is 4.79 Å². The SMILES string of the molecule is Cc1ccc(C(=O)N2CCc3ccc(N)cc32)s1. The van der Waals surface area contributed by atoms with Crippen LogP contribution in [0.2, 0.25) is 0 Å². The first kappa shape index (κ1) is 11.3. The van der Waals surface area contributed by atoms with Gasteiger partial charge in [-0.05, 0) is 43.2 Å². The van der Waals surface area contributed by atoms with Gasteiger partial charge >= 0.3 is 0 Å². The topological polar surface area (TPSA) is 46.3 Å². The quantitative estimate of drug-likeness (QED) is 0.799. The molecular formula is C14H14N2OS. The van der Waals surface area contributed by atoms with Crippen molar-refractivity contribution in [1.82, 2.24) is 0 Å². The van der Waals surface area contributed by atoms with Gasteiger partial charge in [0.25, 0.3) is 5.91 Å². The van der Waals surface area contributed by atoms with Gasteiger partial charge in [0.15, 0.2) is 0 Å². The highest BCUT2D eigenvalue weighted by Gasteiger charge is 2.26. The molecule has 0 unspecified atom stereocenters. The Morgan fingerprint density at radius 3 is 2.89 bits per heavy atom. The molecule has 1 amide bonds. The van der Waals surface area contributed by atoms with Gasteiger partial charge in [-0.3, -0.25) is 4.79 Å². The zero-order chi connectivity index (χ0) is 12.7. The minimum atomic E-state index is 0.0810. The van der Waals surface area contributed by atoms with E-state index in [-0.39, 0.29) is 5.91 Å². The summed E-state index contributed by atoms with van der Waals surface area (Å²) >= 11 is 1.54. The average Bonchev–Trinajstić information content (AvgIpc) is 2.94. The summed E-state index contributed by atoms with van der Waals surface area (Å²) in [5, 5.41) is 0. The van der Waals surface area contributed by atoms with Crippen molar-refractivity contribution in [3.8, 4) is 0 Å². The number of hydrogen-bond acceptors (Lipinski definition) is 3. The highest BCUT2D eigenvalue weighted by molar-refractivity contribution is 7.14. The molecule has 0 saturated heterocycles. The fourth-order valence-electron chi connectivity index (χ4n) is 2.29. The van der Waals surface area contributed by atoms with E-state index in [1.807, 2.05) is 42.2 Å². The maximum Gasteiger partial charge on any atom is 0.268 e. The van der Waals surface area contributed by atoms with Crippen LogP contribution < -0.4 is 10.6 Å². The van der Waals surface area contributed by atoms with Crippen LogP contribution in [0.5, 0.6) is 0 Å². The maximum absolute atomic E-state index is 12.4. The standard InChI is InChI=1S/C14H14N2OS/c1-9-2-5-13(18-9)14(17)16-7-6-10-3-4-11(15)8-12(10)16/h2-5,8H,6-7,15H2,1H3. The molecule has 1 aliphatic heterocycles. The Labute approximate surface area is 110 Å². The number of carbonyl (C=O) groups is 1. The van der Waals surface area contributed by atoms with Crippen molar-refractivity contribution in [3.63, 3.8) is 0 Å². The van der Waals surface area contributed by atoms with Crippen molar-refractivity contribution in [3.05, 3.63) is 45.6 Å². The van der Waals surface area contributed by atoms with Gasteiger partial charge < -0.3 is 10.6 Å². The molecule has 2 aromatic rings. The molecule has 92 valence electrons. The summed E-state index contributed by atoms with van der Waals surface area (Å²) in [6, 6.07) is 9.67. The molecule has 0 aliphatic carbocycles. The first-order valence-electron chi connectivity index (χ1n) is 5.92. The first-order chi connectivity index (χ1) is 8.65. The molecule has 4 heteroatoms. The zero-order valence-corrected chi connectivity index (χ0v) is 11.0. The van der Waals surface area contributed by atoms with E-state index in [0.29, 0.717) is 5.69 Å². The third-order valence-corrected chi connectivity index (χ3v) is 4.19. The summed E-state index contributed by atoms with van der Waals surface area (Å²) in [6.07, 6.45) is 0.908. The second kappa shape index (κ2) is 4.14. The first-order valence-corrected chi connectivity index (χ1v) is 6.73. The fraction of sp³-hybridized carbons (Fsp3) is 0.214. The second-order valence-corrected chi connectivity index (χ2v) is 5.79. The summed E-state index contributed by atoms with van der Waals surface area (Å²) < 4.78 is 0. The summed E-state index contributed by atoms with van der Waals surface area (Å²) in [5.74, 6) is 0.0810. The van der Waals surface area contributed by atoms with Crippen LogP contribution in [-0.2, 0) is 6.42 Å². The molecule has 0 bridgehead atoms. The lowest BCUT2D eigenvalue weighted by molar-refractivity contribution is 0.0993. The summed E-state index contributed by atoms with van der Waals surface area (Å²) in [5.41, 5.74) is 8.67. The highest BCUT2D eigenvalue weighted by Crippen LogP contribution is 2.32. The van der Waals surface area contributed by atoms with Gasteiger partial charge in [0.2, 0.25) is 0 Å². The van der Waals surface area contributed by atoms with Crippen LogP contribution >= 0.6 is 11.3 Å². The number of nitrogens with two attached hydrogens (primary N) is 1. The minimum Gasteiger partial charge on any atom is -0.399 e. The zero-order valence-electron chi connectivity index (χ0n) is 10.1. The minimum absolute atomic E-state index is 0.0810. The number of amides is 1. The van der Waals surface area contributed by atoms with Gasteiger partial charge in [-0.25, -0.2) is 0 Å². The molecular weight excluding hydrogens is 244 g/mol. The Morgan fingerprint density at radius 2 is 2.17 bits per heavy atom. The Bertz CT molecular complexity index is 618. The van der Waals surface area contributed by atoms with Crippen LogP contribution in [-0.4, -0.2) is 12.5 Å². The number of carbonyl (C=O) groups excluding carboxylic acids is 1. The van der Waals surface area contributed by atoms with Crippen LogP contribution in [0.4, 0.5) is 11.4 Å². The third-order valence-electron chi connectivity index (χ3n) is 3.20. The molecule has 1 aliphatic rings. The van der Waals surface area contributed by atoms with E-state index >= 15 is 0 Å². The van der Waals surface area contributed by atoms with Gasteiger partial charge in [0.05, 0.1) is 4.88 Å². The molecule has 1 aromatic heterocycles. The van der Waals surface area contributed by atoms with Crippen molar-refractivity contribution in [2.24, 2.45) is 0 Å². The molecule has 3 nitrogen and oxygen atoms in total. The normalized spacial score (nSPS) is 13.7. The number of anilines is 2. The van der Waals surface area contributed by atoms with E-state index in [4.69, 9.17) is 5.73 Å². The lowest BCUT2D eigenvalue weighted by atomic mass is 10.1. The maximum atomic E-state index is 12.4. The molecule has 1 aromatic carbocycles. The lowest BCUT2D eigenvalue weighted by Crippen LogP contribution is -2.28. The summed E-state index contributed by atoms with van der Waals surface area (Å²) in [7, 11) is 0. The monoisotopic (exact) mass is 258 g/mol. The van der Waals surface area contributed by atoms with E-state index in [1.165, 1.54) is 16.9 Å². The van der Waals surface area contributed by atoms with Crippen LogP contribution in [0.1, 0.15) is 20.1 Å². The third kappa shape index (κ3) is 1.78. The summed E-state index contributed by atoms with van der Waals surface area (Å²) in [6.45, 7) is 2.76. The molecule has 3 rings (SSSR count). The fourth-order valence-corrected chi connectivity index (χ4v) is 3.11. The summed E-state index contributed by atoms with van der Waals surface area (Å²) in [4.78, 5) is 16.2.